The predicted molar refractivity (Wildman–Crippen MR) is 97.9 cm³/mol. The maximum Gasteiger partial charge on any atom is 0.494 e. The van der Waals surface area contributed by atoms with E-state index in [2.05, 4.69) is 0 Å². The SMILES string of the molecule is CC1(C)OB(c2ccc(OCc3cccc(C(F)(F)F)c3)cc2)OC1(C)C. The van der Waals surface area contributed by atoms with Crippen molar-refractivity contribution in [2.24, 2.45) is 0 Å². The topological polar surface area (TPSA) is 27.7 Å². The molecule has 0 atom stereocenters. The smallest absolute Gasteiger partial charge is 0.489 e. The first-order valence-electron chi connectivity index (χ1n) is 8.72. The van der Waals surface area contributed by atoms with Crippen molar-refractivity contribution in [1.29, 1.82) is 0 Å². The first-order chi connectivity index (χ1) is 12.5. The van der Waals surface area contributed by atoms with Crippen LogP contribution in [-0.4, -0.2) is 18.3 Å². The van der Waals surface area contributed by atoms with E-state index in [0.29, 0.717) is 11.3 Å². The van der Waals surface area contributed by atoms with Gasteiger partial charge in [0.1, 0.15) is 12.4 Å². The highest BCUT2D eigenvalue weighted by Gasteiger charge is 2.51. The summed E-state index contributed by atoms with van der Waals surface area (Å²) in [7, 11) is -0.465. The Balaban J connectivity index is 1.64. The molecule has 0 unspecified atom stereocenters. The molecule has 1 heterocycles. The molecule has 27 heavy (non-hydrogen) atoms. The second kappa shape index (κ2) is 6.87. The monoisotopic (exact) mass is 378 g/mol. The van der Waals surface area contributed by atoms with Gasteiger partial charge in [0.2, 0.25) is 0 Å². The largest absolute Gasteiger partial charge is 0.494 e. The van der Waals surface area contributed by atoms with E-state index in [4.69, 9.17) is 14.0 Å². The minimum Gasteiger partial charge on any atom is -0.489 e. The van der Waals surface area contributed by atoms with Crippen molar-refractivity contribution in [2.75, 3.05) is 0 Å². The van der Waals surface area contributed by atoms with Crippen LogP contribution >= 0.6 is 0 Å². The van der Waals surface area contributed by atoms with Crippen LogP contribution in [-0.2, 0) is 22.1 Å². The van der Waals surface area contributed by atoms with Gasteiger partial charge >= 0.3 is 13.3 Å². The van der Waals surface area contributed by atoms with Crippen LogP contribution in [0.1, 0.15) is 38.8 Å². The summed E-state index contributed by atoms with van der Waals surface area (Å²) in [4.78, 5) is 0. The van der Waals surface area contributed by atoms with E-state index >= 15 is 0 Å². The summed E-state index contributed by atoms with van der Waals surface area (Å²) in [5.74, 6) is 0.563. The van der Waals surface area contributed by atoms with E-state index in [9.17, 15) is 13.2 Å². The molecule has 1 saturated heterocycles. The van der Waals surface area contributed by atoms with E-state index in [1.165, 1.54) is 6.07 Å². The molecule has 1 fully saturated rings. The van der Waals surface area contributed by atoms with Gasteiger partial charge in [-0.2, -0.15) is 13.2 Å². The summed E-state index contributed by atoms with van der Waals surface area (Å²) in [5, 5.41) is 0. The van der Waals surface area contributed by atoms with E-state index in [-0.39, 0.29) is 6.61 Å². The Morgan fingerprint density at radius 1 is 0.926 bits per heavy atom. The second-order valence-electron chi connectivity index (χ2n) is 7.64. The Kier molecular flexibility index (Phi) is 5.03. The molecule has 1 aliphatic rings. The molecule has 1 aliphatic heterocycles. The van der Waals surface area contributed by atoms with E-state index in [1.807, 2.05) is 39.8 Å². The van der Waals surface area contributed by atoms with Crippen LogP contribution in [0.3, 0.4) is 0 Å². The summed E-state index contributed by atoms with van der Waals surface area (Å²) in [6.07, 6.45) is -4.36. The van der Waals surface area contributed by atoms with Crippen molar-refractivity contribution < 1.29 is 27.2 Å². The van der Waals surface area contributed by atoms with Gasteiger partial charge in [-0.05, 0) is 63.0 Å². The first-order valence-corrected chi connectivity index (χ1v) is 8.72. The van der Waals surface area contributed by atoms with Gasteiger partial charge in [-0.1, -0.05) is 24.3 Å². The van der Waals surface area contributed by atoms with Crippen LogP contribution < -0.4 is 10.2 Å². The van der Waals surface area contributed by atoms with Crippen molar-refractivity contribution in [3.8, 4) is 5.75 Å². The van der Waals surface area contributed by atoms with Crippen LogP contribution in [0.4, 0.5) is 13.2 Å². The number of halogens is 3. The Bertz CT molecular complexity index is 785. The average molecular weight is 378 g/mol. The third-order valence-corrected chi connectivity index (χ3v) is 5.07. The molecule has 7 heteroatoms. The van der Waals surface area contributed by atoms with Gasteiger partial charge in [-0.3, -0.25) is 0 Å². The van der Waals surface area contributed by atoms with Crippen molar-refractivity contribution in [3.63, 3.8) is 0 Å². The molecule has 2 aromatic rings. The number of ether oxygens (including phenoxy) is 1. The van der Waals surface area contributed by atoms with Gasteiger partial charge in [0.05, 0.1) is 16.8 Å². The maximum atomic E-state index is 12.8. The van der Waals surface area contributed by atoms with Crippen molar-refractivity contribution in [2.45, 2.75) is 51.7 Å². The molecule has 0 saturated carbocycles. The highest BCUT2D eigenvalue weighted by molar-refractivity contribution is 6.62. The average Bonchev–Trinajstić information content (AvgIpc) is 2.81. The fourth-order valence-corrected chi connectivity index (χ4v) is 2.70. The standard InChI is InChI=1S/C20H22BF3O3/c1-18(2)19(3,4)27-21(26-18)16-8-10-17(11-9-16)25-13-14-6-5-7-15(12-14)20(22,23)24/h5-12H,13H2,1-4H3. The summed E-state index contributed by atoms with van der Waals surface area (Å²) in [5.41, 5.74) is -0.202. The van der Waals surface area contributed by atoms with E-state index in [0.717, 1.165) is 17.6 Å². The zero-order valence-electron chi connectivity index (χ0n) is 15.8. The first kappa shape index (κ1) is 19.8. The summed E-state index contributed by atoms with van der Waals surface area (Å²) in [6, 6.07) is 12.3. The molecule has 0 aliphatic carbocycles. The molecule has 3 nitrogen and oxygen atoms in total. The summed E-state index contributed by atoms with van der Waals surface area (Å²) < 4.78 is 55.9. The molecular formula is C20H22BF3O3. The Morgan fingerprint density at radius 2 is 1.52 bits per heavy atom. The lowest BCUT2D eigenvalue weighted by Crippen LogP contribution is -2.41. The number of hydrogen-bond acceptors (Lipinski definition) is 3. The molecule has 3 rings (SSSR count). The molecule has 0 spiro atoms. The van der Waals surface area contributed by atoms with Gasteiger partial charge in [0.15, 0.2) is 0 Å². The quantitative estimate of drug-likeness (QED) is 0.729. The Morgan fingerprint density at radius 3 is 2.07 bits per heavy atom. The number of rotatable bonds is 4. The van der Waals surface area contributed by atoms with Crippen LogP contribution in [0.15, 0.2) is 48.5 Å². The number of benzene rings is 2. The fraction of sp³-hybridized carbons (Fsp3) is 0.400. The van der Waals surface area contributed by atoms with Gasteiger partial charge in [0, 0.05) is 0 Å². The summed E-state index contributed by atoms with van der Waals surface area (Å²) >= 11 is 0. The molecule has 0 amide bonds. The zero-order chi connectivity index (χ0) is 19.9. The van der Waals surface area contributed by atoms with Gasteiger partial charge in [0.25, 0.3) is 0 Å². The van der Waals surface area contributed by atoms with Crippen LogP contribution in [0.2, 0.25) is 0 Å². The van der Waals surface area contributed by atoms with E-state index in [1.54, 1.807) is 18.2 Å². The molecule has 2 aromatic carbocycles. The van der Waals surface area contributed by atoms with Crippen LogP contribution in [0, 0.1) is 0 Å². The minimum atomic E-state index is -4.36. The number of alkyl halides is 3. The lowest BCUT2D eigenvalue weighted by Gasteiger charge is -2.32. The Hall–Kier alpha value is -1.99. The lowest BCUT2D eigenvalue weighted by molar-refractivity contribution is -0.137. The minimum absolute atomic E-state index is 0.0553. The predicted octanol–water partition coefficient (Wildman–Crippen LogP) is 4.58. The lowest BCUT2D eigenvalue weighted by atomic mass is 9.79. The van der Waals surface area contributed by atoms with Crippen LogP contribution in [0.25, 0.3) is 0 Å². The summed E-state index contributed by atoms with van der Waals surface area (Å²) in [6.45, 7) is 8.00. The van der Waals surface area contributed by atoms with Crippen molar-refractivity contribution in [3.05, 3.63) is 59.7 Å². The molecule has 0 N–H and O–H groups in total. The second-order valence-corrected chi connectivity index (χ2v) is 7.64. The fourth-order valence-electron chi connectivity index (χ4n) is 2.70. The zero-order valence-corrected chi connectivity index (χ0v) is 15.8. The van der Waals surface area contributed by atoms with Crippen molar-refractivity contribution >= 4 is 12.6 Å². The van der Waals surface area contributed by atoms with E-state index < -0.39 is 30.1 Å². The molecular weight excluding hydrogens is 356 g/mol. The molecule has 0 radical (unpaired) electrons. The van der Waals surface area contributed by atoms with Gasteiger partial charge in [-0.15, -0.1) is 0 Å². The number of hydrogen-bond donors (Lipinski definition) is 0. The maximum absolute atomic E-state index is 12.8. The van der Waals surface area contributed by atoms with Gasteiger partial charge in [-0.25, -0.2) is 0 Å². The molecule has 0 bridgehead atoms. The highest BCUT2D eigenvalue weighted by atomic mass is 19.4. The third-order valence-electron chi connectivity index (χ3n) is 5.07. The Labute approximate surface area is 157 Å². The molecule has 144 valence electrons. The van der Waals surface area contributed by atoms with Gasteiger partial charge < -0.3 is 14.0 Å². The third kappa shape index (κ3) is 4.30. The van der Waals surface area contributed by atoms with Crippen LogP contribution in [0.5, 0.6) is 5.75 Å². The molecule has 0 aromatic heterocycles. The normalized spacial score (nSPS) is 18.6. The van der Waals surface area contributed by atoms with Crippen molar-refractivity contribution in [1.82, 2.24) is 0 Å². The highest BCUT2D eigenvalue weighted by Crippen LogP contribution is 2.36.